The third-order valence-corrected chi connectivity index (χ3v) is 3.85. The Balaban J connectivity index is 1.85. The molecule has 0 N–H and O–H groups in total. The van der Waals surface area contributed by atoms with Gasteiger partial charge >= 0.3 is 0 Å². The Morgan fingerprint density at radius 1 is 0.933 bits per heavy atom. The van der Waals surface area contributed by atoms with E-state index in [0.29, 0.717) is 0 Å². The summed E-state index contributed by atoms with van der Waals surface area (Å²) in [5, 5.41) is 0. The lowest BCUT2D eigenvalue weighted by molar-refractivity contribution is 0.493. The fraction of sp³-hybridized carbons (Fsp3) is 1.00. The molecule has 0 radical (unpaired) electrons. The zero-order chi connectivity index (χ0) is 11.1. The molecule has 0 heterocycles. The topological polar surface area (TPSA) is 0 Å². The summed E-state index contributed by atoms with van der Waals surface area (Å²) in [5.41, 5.74) is 0. The summed E-state index contributed by atoms with van der Waals surface area (Å²) in [6, 6.07) is 0. The van der Waals surface area contributed by atoms with Gasteiger partial charge in [-0.25, -0.2) is 0 Å². The molecular weight excluding hydrogens is 180 g/mol. The average molecular weight is 210 g/mol. The minimum atomic E-state index is 0.909. The van der Waals surface area contributed by atoms with Gasteiger partial charge in [0.05, 0.1) is 0 Å². The Morgan fingerprint density at radius 3 is 2.20 bits per heavy atom. The van der Waals surface area contributed by atoms with Crippen LogP contribution in [0, 0.1) is 17.8 Å². The highest BCUT2D eigenvalue weighted by atomic mass is 14.4. The molecular formula is C15H30. The van der Waals surface area contributed by atoms with Crippen molar-refractivity contribution in [3.63, 3.8) is 0 Å². The molecule has 0 saturated heterocycles. The molecule has 0 aromatic rings. The number of hydrogen-bond donors (Lipinski definition) is 0. The van der Waals surface area contributed by atoms with Gasteiger partial charge in [0.1, 0.15) is 0 Å². The van der Waals surface area contributed by atoms with Crippen LogP contribution in [0.4, 0.5) is 0 Å². The highest BCUT2D eigenvalue weighted by Gasteiger charge is 2.34. The minimum Gasteiger partial charge on any atom is -0.0654 e. The van der Waals surface area contributed by atoms with Gasteiger partial charge in [0.15, 0.2) is 0 Å². The van der Waals surface area contributed by atoms with E-state index in [1.54, 1.807) is 6.42 Å². The Labute approximate surface area is 96.8 Å². The van der Waals surface area contributed by atoms with Crippen molar-refractivity contribution in [1.29, 1.82) is 0 Å². The zero-order valence-corrected chi connectivity index (χ0v) is 11.1. The van der Waals surface area contributed by atoms with E-state index in [4.69, 9.17) is 0 Å². The molecule has 1 saturated carbocycles. The summed E-state index contributed by atoms with van der Waals surface area (Å²) in [6.45, 7) is 6.98. The minimum absolute atomic E-state index is 0.909. The average Bonchev–Trinajstić information content (AvgIpc) is 2.91. The monoisotopic (exact) mass is 210 g/mol. The second kappa shape index (κ2) is 7.30. The van der Waals surface area contributed by atoms with Gasteiger partial charge in [-0.1, -0.05) is 72.1 Å². The van der Waals surface area contributed by atoms with Crippen molar-refractivity contribution >= 4 is 0 Å². The first-order chi connectivity index (χ1) is 7.24. The lowest BCUT2D eigenvalue weighted by Crippen LogP contribution is -1.89. The van der Waals surface area contributed by atoms with Crippen LogP contribution in [0.2, 0.25) is 0 Å². The third kappa shape index (κ3) is 6.22. The van der Waals surface area contributed by atoms with E-state index in [2.05, 4.69) is 20.8 Å². The molecule has 90 valence electrons. The molecule has 1 aliphatic rings. The van der Waals surface area contributed by atoms with Crippen LogP contribution in [-0.2, 0) is 0 Å². The Morgan fingerprint density at radius 2 is 1.60 bits per heavy atom. The van der Waals surface area contributed by atoms with Crippen LogP contribution >= 0.6 is 0 Å². The molecule has 2 atom stereocenters. The van der Waals surface area contributed by atoms with Crippen LogP contribution in [-0.4, -0.2) is 0 Å². The fourth-order valence-electron chi connectivity index (χ4n) is 2.64. The van der Waals surface area contributed by atoms with Gasteiger partial charge in [-0.15, -0.1) is 0 Å². The quantitative estimate of drug-likeness (QED) is 0.446. The van der Waals surface area contributed by atoms with E-state index in [-0.39, 0.29) is 0 Å². The van der Waals surface area contributed by atoms with Crippen molar-refractivity contribution in [2.24, 2.45) is 17.8 Å². The van der Waals surface area contributed by atoms with E-state index >= 15 is 0 Å². The maximum Gasteiger partial charge on any atom is -0.0383 e. The predicted molar refractivity (Wildman–Crippen MR) is 69.0 cm³/mol. The molecule has 1 rings (SSSR count). The van der Waals surface area contributed by atoms with Crippen molar-refractivity contribution in [2.45, 2.75) is 78.6 Å². The van der Waals surface area contributed by atoms with Gasteiger partial charge in [-0.3, -0.25) is 0 Å². The van der Waals surface area contributed by atoms with E-state index in [9.17, 15) is 0 Å². The molecule has 0 amide bonds. The van der Waals surface area contributed by atoms with Crippen LogP contribution in [0.25, 0.3) is 0 Å². The number of rotatable bonds is 9. The van der Waals surface area contributed by atoms with E-state index in [0.717, 1.165) is 17.8 Å². The molecule has 0 aromatic carbocycles. The van der Waals surface area contributed by atoms with Gasteiger partial charge in [0, 0.05) is 0 Å². The fourth-order valence-corrected chi connectivity index (χ4v) is 2.64. The highest BCUT2D eigenvalue weighted by Crippen LogP contribution is 2.45. The van der Waals surface area contributed by atoms with Crippen molar-refractivity contribution in [1.82, 2.24) is 0 Å². The molecule has 1 fully saturated rings. The van der Waals surface area contributed by atoms with Crippen LogP contribution in [0.1, 0.15) is 78.6 Å². The summed E-state index contributed by atoms with van der Waals surface area (Å²) < 4.78 is 0. The van der Waals surface area contributed by atoms with Crippen molar-refractivity contribution in [3.8, 4) is 0 Å². The summed E-state index contributed by atoms with van der Waals surface area (Å²) in [7, 11) is 0. The largest absolute Gasteiger partial charge is 0.0654 e. The smallest absolute Gasteiger partial charge is 0.0383 e. The second-order valence-corrected chi connectivity index (χ2v) is 5.93. The maximum absolute atomic E-state index is 2.34. The summed E-state index contributed by atoms with van der Waals surface area (Å²) >= 11 is 0. The number of hydrogen-bond acceptors (Lipinski definition) is 0. The predicted octanol–water partition coefficient (Wildman–Crippen LogP) is 5.42. The Bertz CT molecular complexity index is 148. The van der Waals surface area contributed by atoms with Gasteiger partial charge in [0.2, 0.25) is 0 Å². The summed E-state index contributed by atoms with van der Waals surface area (Å²) in [5.74, 6) is 3.17. The van der Waals surface area contributed by atoms with E-state index < -0.39 is 0 Å². The van der Waals surface area contributed by atoms with E-state index in [1.807, 2.05) is 0 Å². The van der Waals surface area contributed by atoms with Gasteiger partial charge < -0.3 is 0 Å². The molecule has 0 nitrogen and oxygen atoms in total. The summed E-state index contributed by atoms with van der Waals surface area (Å²) in [6.07, 6.45) is 13.3. The number of unbranched alkanes of at least 4 members (excludes halogenated alkanes) is 3. The molecule has 0 aromatic heterocycles. The SMILES string of the molecule is CCCCCCC1CC1CCCC(C)C. The van der Waals surface area contributed by atoms with Crippen LogP contribution in [0.5, 0.6) is 0 Å². The van der Waals surface area contributed by atoms with Crippen molar-refractivity contribution < 1.29 is 0 Å². The lowest BCUT2D eigenvalue weighted by atomic mass is 10.0. The standard InChI is InChI=1S/C15H30/c1-4-5-6-7-10-14-12-15(14)11-8-9-13(2)3/h13-15H,4-12H2,1-3H3. The van der Waals surface area contributed by atoms with Gasteiger partial charge in [-0.05, 0) is 24.2 Å². The van der Waals surface area contributed by atoms with Crippen LogP contribution < -0.4 is 0 Å². The molecule has 2 unspecified atom stereocenters. The molecule has 0 spiro atoms. The maximum atomic E-state index is 2.34. The first-order valence-electron chi connectivity index (χ1n) is 7.24. The van der Waals surface area contributed by atoms with Crippen molar-refractivity contribution in [3.05, 3.63) is 0 Å². The van der Waals surface area contributed by atoms with Crippen LogP contribution in [0.3, 0.4) is 0 Å². The normalized spacial score (nSPS) is 24.8. The zero-order valence-electron chi connectivity index (χ0n) is 11.1. The van der Waals surface area contributed by atoms with E-state index in [1.165, 1.54) is 51.4 Å². The lowest BCUT2D eigenvalue weighted by Gasteiger charge is -2.03. The summed E-state index contributed by atoms with van der Waals surface area (Å²) in [4.78, 5) is 0. The molecule has 0 bridgehead atoms. The van der Waals surface area contributed by atoms with Crippen LogP contribution in [0.15, 0.2) is 0 Å². The molecule has 1 aliphatic carbocycles. The second-order valence-electron chi connectivity index (χ2n) is 5.93. The first-order valence-corrected chi connectivity index (χ1v) is 7.24. The third-order valence-electron chi connectivity index (χ3n) is 3.85. The first kappa shape index (κ1) is 13.1. The highest BCUT2D eigenvalue weighted by molar-refractivity contribution is 4.85. The van der Waals surface area contributed by atoms with Crippen molar-refractivity contribution in [2.75, 3.05) is 0 Å². The Hall–Kier alpha value is 0. The van der Waals surface area contributed by atoms with Gasteiger partial charge in [0.25, 0.3) is 0 Å². The molecule has 15 heavy (non-hydrogen) atoms. The van der Waals surface area contributed by atoms with Gasteiger partial charge in [-0.2, -0.15) is 0 Å². The molecule has 0 heteroatoms. The molecule has 0 aliphatic heterocycles. The Kier molecular flexibility index (Phi) is 6.36.